The number of nitrogens with zero attached hydrogens (tertiary/aromatic N) is 1. The second-order valence-electron chi connectivity index (χ2n) is 8.62. The van der Waals surface area contributed by atoms with Gasteiger partial charge < -0.3 is 9.88 Å². The van der Waals surface area contributed by atoms with Crippen molar-refractivity contribution >= 4 is 33.2 Å². The monoisotopic (exact) mass is 402 g/mol. The number of anilines is 2. The molecule has 0 atom stereocenters. The minimum absolute atomic E-state index is 1.16. The van der Waals surface area contributed by atoms with Gasteiger partial charge in [0.1, 0.15) is 0 Å². The Labute approximate surface area is 183 Å². The van der Waals surface area contributed by atoms with Crippen molar-refractivity contribution < 1.29 is 0 Å². The van der Waals surface area contributed by atoms with Crippen molar-refractivity contribution in [3.63, 3.8) is 0 Å². The summed E-state index contributed by atoms with van der Waals surface area (Å²) in [5, 5.41) is 6.42. The largest absolute Gasteiger partial charge is 0.354 e. The van der Waals surface area contributed by atoms with E-state index in [1.807, 2.05) is 0 Å². The maximum absolute atomic E-state index is 3.84. The van der Waals surface area contributed by atoms with E-state index in [1.165, 1.54) is 69.1 Å². The van der Waals surface area contributed by atoms with Gasteiger partial charge in [0.15, 0.2) is 0 Å². The molecule has 5 aromatic rings. The summed E-state index contributed by atoms with van der Waals surface area (Å²) in [5.41, 5.74) is 10.4. The minimum Gasteiger partial charge on any atom is -0.354 e. The van der Waals surface area contributed by atoms with Crippen LogP contribution in [0.1, 0.15) is 29.5 Å². The molecule has 1 aromatic heterocycles. The molecule has 0 bridgehead atoms. The average molecular weight is 403 g/mol. The van der Waals surface area contributed by atoms with Gasteiger partial charge in [0.05, 0.1) is 16.7 Å². The second kappa shape index (κ2) is 7.31. The van der Waals surface area contributed by atoms with E-state index < -0.39 is 0 Å². The van der Waals surface area contributed by atoms with Crippen LogP contribution in [0.4, 0.5) is 11.4 Å². The van der Waals surface area contributed by atoms with Gasteiger partial charge in [0, 0.05) is 22.1 Å². The van der Waals surface area contributed by atoms with Gasteiger partial charge in [-0.15, -0.1) is 0 Å². The highest BCUT2D eigenvalue weighted by atomic mass is 15.0. The third-order valence-electron chi connectivity index (χ3n) is 6.72. The fourth-order valence-electron chi connectivity index (χ4n) is 5.23. The van der Waals surface area contributed by atoms with E-state index in [1.54, 1.807) is 0 Å². The Morgan fingerprint density at radius 1 is 0.677 bits per heavy atom. The van der Waals surface area contributed by atoms with Gasteiger partial charge in [0.25, 0.3) is 0 Å². The first-order valence-electron chi connectivity index (χ1n) is 11.3. The van der Waals surface area contributed by atoms with Gasteiger partial charge in [-0.1, -0.05) is 60.7 Å². The van der Waals surface area contributed by atoms with Gasteiger partial charge in [-0.05, 0) is 73.6 Å². The lowest BCUT2D eigenvalue weighted by atomic mass is 9.90. The summed E-state index contributed by atoms with van der Waals surface area (Å²) in [4.78, 5) is 0. The lowest BCUT2D eigenvalue weighted by molar-refractivity contribution is 0.687. The van der Waals surface area contributed by atoms with Crippen LogP contribution in [0.15, 0.2) is 84.9 Å². The molecule has 0 fully saturated rings. The van der Waals surface area contributed by atoms with Crippen LogP contribution in [-0.4, -0.2) is 4.57 Å². The fraction of sp³-hybridized carbons (Fsp3) is 0.172. The summed E-state index contributed by atoms with van der Waals surface area (Å²) in [7, 11) is 0. The molecule has 0 radical (unpaired) electrons. The van der Waals surface area contributed by atoms with E-state index >= 15 is 0 Å². The molecule has 0 spiro atoms. The number of para-hydroxylation sites is 3. The van der Waals surface area contributed by atoms with Crippen molar-refractivity contribution in [1.29, 1.82) is 0 Å². The Hall–Kier alpha value is -3.52. The minimum atomic E-state index is 1.16. The molecule has 31 heavy (non-hydrogen) atoms. The van der Waals surface area contributed by atoms with E-state index in [0.29, 0.717) is 0 Å². The predicted molar refractivity (Wildman–Crippen MR) is 132 cm³/mol. The van der Waals surface area contributed by atoms with Crippen LogP contribution < -0.4 is 5.32 Å². The maximum Gasteiger partial charge on any atom is 0.0776 e. The first-order valence-corrected chi connectivity index (χ1v) is 11.3. The summed E-state index contributed by atoms with van der Waals surface area (Å²) in [6.07, 6.45) is 4.93. The Kier molecular flexibility index (Phi) is 4.31. The van der Waals surface area contributed by atoms with Gasteiger partial charge in [-0.25, -0.2) is 0 Å². The second-order valence-corrected chi connectivity index (χ2v) is 8.62. The molecule has 1 aliphatic rings. The summed E-state index contributed by atoms with van der Waals surface area (Å²) < 4.78 is 2.43. The highest BCUT2D eigenvalue weighted by Gasteiger charge is 2.18. The zero-order valence-corrected chi connectivity index (χ0v) is 17.9. The van der Waals surface area contributed by atoms with Crippen molar-refractivity contribution in [2.24, 2.45) is 0 Å². The van der Waals surface area contributed by atoms with E-state index in [9.17, 15) is 0 Å². The van der Waals surface area contributed by atoms with E-state index in [0.717, 1.165) is 12.1 Å². The van der Waals surface area contributed by atoms with E-state index in [2.05, 4.69) is 102 Å². The van der Waals surface area contributed by atoms with Gasteiger partial charge in [0.2, 0.25) is 0 Å². The number of aromatic nitrogens is 1. The molecule has 0 amide bonds. The van der Waals surface area contributed by atoms with Crippen molar-refractivity contribution in [3.8, 4) is 5.69 Å². The Morgan fingerprint density at radius 2 is 1.42 bits per heavy atom. The van der Waals surface area contributed by atoms with E-state index in [-0.39, 0.29) is 0 Å². The molecule has 0 saturated carbocycles. The molecular formula is C29H26N2. The highest BCUT2D eigenvalue weighted by molar-refractivity contribution is 6.13. The van der Waals surface area contributed by atoms with Crippen LogP contribution in [0.25, 0.3) is 27.5 Å². The van der Waals surface area contributed by atoms with Gasteiger partial charge >= 0.3 is 0 Å². The standard InChI is InChI=1S/C29H26N2/c1-20-10-2-6-18-27(20)31-28-19-7-5-14-23(28)24-15-9-17-26(29(24)31)30-25-16-8-12-21-11-3-4-13-22(21)25/h2,5-10,12,14-19,30H,3-4,11,13H2,1H3. The van der Waals surface area contributed by atoms with E-state index in [4.69, 9.17) is 0 Å². The first kappa shape index (κ1) is 18.3. The normalized spacial score (nSPS) is 13.5. The Balaban J connectivity index is 1.63. The van der Waals surface area contributed by atoms with Crippen LogP contribution in [0.5, 0.6) is 0 Å². The summed E-state index contributed by atoms with van der Waals surface area (Å²) in [5.74, 6) is 0. The van der Waals surface area contributed by atoms with Crippen LogP contribution in [0, 0.1) is 6.92 Å². The lowest BCUT2D eigenvalue weighted by Crippen LogP contribution is -2.07. The molecule has 6 rings (SSSR count). The van der Waals surface area contributed by atoms with Crippen LogP contribution >= 0.6 is 0 Å². The fourth-order valence-corrected chi connectivity index (χ4v) is 5.23. The smallest absolute Gasteiger partial charge is 0.0776 e. The number of fused-ring (bicyclic) bond motifs is 4. The maximum atomic E-state index is 3.84. The van der Waals surface area contributed by atoms with Crippen LogP contribution in [0.3, 0.4) is 0 Å². The molecular weight excluding hydrogens is 376 g/mol. The molecule has 4 aromatic carbocycles. The molecule has 0 aliphatic heterocycles. The Morgan fingerprint density at radius 3 is 2.35 bits per heavy atom. The topological polar surface area (TPSA) is 17.0 Å². The molecule has 0 unspecified atom stereocenters. The van der Waals surface area contributed by atoms with Crippen LogP contribution in [-0.2, 0) is 12.8 Å². The zero-order chi connectivity index (χ0) is 20.8. The number of hydrogen-bond acceptors (Lipinski definition) is 1. The molecule has 152 valence electrons. The highest BCUT2D eigenvalue weighted by Crippen LogP contribution is 2.39. The van der Waals surface area contributed by atoms with Crippen molar-refractivity contribution in [1.82, 2.24) is 4.57 Å². The number of nitrogens with one attached hydrogen (secondary N) is 1. The van der Waals surface area contributed by atoms with Crippen molar-refractivity contribution in [2.75, 3.05) is 5.32 Å². The molecule has 2 heteroatoms. The van der Waals surface area contributed by atoms with Crippen molar-refractivity contribution in [3.05, 3.63) is 102 Å². The number of benzene rings is 4. The molecule has 1 N–H and O–H groups in total. The molecule has 1 aliphatic carbocycles. The Bertz CT molecular complexity index is 1420. The summed E-state index contributed by atoms with van der Waals surface area (Å²) in [6.45, 7) is 2.19. The first-order chi connectivity index (χ1) is 15.3. The number of aryl methyl sites for hydroxylation is 2. The molecule has 2 nitrogen and oxygen atoms in total. The quantitative estimate of drug-likeness (QED) is 0.327. The summed E-state index contributed by atoms with van der Waals surface area (Å²) >= 11 is 0. The third kappa shape index (κ3) is 2.94. The molecule has 1 heterocycles. The summed E-state index contributed by atoms with van der Waals surface area (Å²) in [6, 6.07) is 30.8. The number of rotatable bonds is 3. The predicted octanol–water partition coefficient (Wildman–Crippen LogP) is 7.71. The van der Waals surface area contributed by atoms with Gasteiger partial charge in [-0.3, -0.25) is 0 Å². The van der Waals surface area contributed by atoms with Crippen LogP contribution in [0.2, 0.25) is 0 Å². The number of hydrogen-bond donors (Lipinski definition) is 1. The SMILES string of the molecule is Cc1ccccc1-n1c2ccccc2c2cccc(Nc3cccc4c3CCCC4)c21. The third-order valence-corrected chi connectivity index (χ3v) is 6.72. The van der Waals surface area contributed by atoms with Gasteiger partial charge in [-0.2, -0.15) is 0 Å². The average Bonchev–Trinajstić information content (AvgIpc) is 3.15. The molecule has 0 saturated heterocycles. The lowest BCUT2D eigenvalue weighted by Gasteiger charge is -2.21. The van der Waals surface area contributed by atoms with Crippen molar-refractivity contribution in [2.45, 2.75) is 32.6 Å². The zero-order valence-electron chi connectivity index (χ0n) is 17.9.